The van der Waals surface area contributed by atoms with Gasteiger partial charge in [0.15, 0.2) is 11.5 Å². The molecule has 0 aliphatic carbocycles. The summed E-state index contributed by atoms with van der Waals surface area (Å²) in [7, 11) is 0. The van der Waals surface area contributed by atoms with Crippen LogP contribution < -0.4 is 14.8 Å². The molecule has 0 saturated heterocycles. The third kappa shape index (κ3) is 9.80. The van der Waals surface area contributed by atoms with Gasteiger partial charge < -0.3 is 24.1 Å². The third-order valence-corrected chi connectivity index (χ3v) is 6.82. The zero-order valence-corrected chi connectivity index (χ0v) is 25.9. The van der Waals surface area contributed by atoms with Crippen molar-refractivity contribution in [1.82, 2.24) is 5.32 Å². The van der Waals surface area contributed by atoms with Crippen LogP contribution in [0.1, 0.15) is 101 Å². The van der Waals surface area contributed by atoms with Gasteiger partial charge in [-0.2, -0.15) is 0 Å². The Morgan fingerprint density at radius 3 is 1.75 bits per heavy atom. The lowest BCUT2D eigenvalue weighted by Gasteiger charge is -2.33. The largest absolute Gasteiger partial charge is 0.511 e. The highest BCUT2D eigenvalue weighted by Crippen LogP contribution is 2.35. The summed E-state index contributed by atoms with van der Waals surface area (Å²) in [5.74, 6) is -2.54. The van der Waals surface area contributed by atoms with Gasteiger partial charge in [-0.1, -0.05) is 26.8 Å². The maximum atomic E-state index is 13.0. The van der Waals surface area contributed by atoms with E-state index < -0.39 is 46.2 Å². The van der Waals surface area contributed by atoms with Gasteiger partial charge in [0.05, 0.1) is 10.8 Å². The van der Waals surface area contributed by atoms with Crippen LogP contribution in [0.4, 0.5) is 4.79 Å². The molecule has 0 spiro atoms. The number of carboxylic acids is 1. The number of benzene rings is 1. The molecule has 1 rings (SSSR count). The lowest BCUT2D eigenvalue weighted by atomic mass is 9.90. The quantitative estimate of drug-likeness (QED) is 0.166. The molecule has 40 heavy (non-hydrogen) atoms. The highest BCUT2D eigenvalue weighted by molar-refractivity contribution is 5.82. The van der Waals surface area contributed by atoms with E-state index in [0.717, 1.165) is 0 Å². The van der Waals surface area contributed by atoms with Crippen molar-refractivity contribution >= 4 is 24.1 Å². The monoisotopic (exact) mass is 565 g/mol. The Bertz CT molecular complexity index is 1070. The number of carbonyl (C=O) groups is 4. The molecule has 10 nitrogen and oxygen atoms in total. The lowest BCUT2D eigenvalue weighted by Crippen LogP contribution is -2.60. The van der Waals surface area contributed by atoms with Crippen LogP contribution >= 0.6 is 0 Å². The minimum atomic E-state index is -2.20. The molecule has 0 aliphatic rings. The van der Waals surface area contributed by atoms with Crippen LogP contribution in [0.25, 0.3) is 0 Å². The molecule has 0 aromatic heterocycles. The van der Waals surface area contributed by atoms with Gasteiger partial charge in [-0.05, 0) is 92.3 Å². The van der Waals surface area contributed by atoms with Crippen LogP contribution in [-0.4, -0.2) is 46.5 Å². The van der Waals surface area contributed by atoms with Crippen molar-refractivity contribution in [3.63, 3.8) is 0 Å². The van der Waals surface area contributed by atoms with Crippen LogP contribution in [0.5, 0.6) is 11.5 Å². The number of nitrogens with one attached hydrogen (secondary N) is 1. The van der Waals surface area contributed by atoms with Crippen LogP contribution in [0, 0.1) is 10.8 Å². The number of hydrogen-bond donors (Lipinski definition) is 2. The molecule has 0 heterocycles. The van der Waals surface area contributed by atoms with E-state index in [2.05, 4.69) is 5.32 Å². The van der Waals surface area contributed by atoms with Gasteiger partial charge in [-0.25, -0.2) is 9.59 Å². The molecule has 226 valence electrons. The zero-order chi connectivity index (χ0) is 31.1. The molecule has 0 amide bonds. The van der Waals surface area contributed by atoms with Crippen molar-refractivity contribution in [3.05, 3.63) is 23.8 Å². The average molecular weight is 566 g/mol. The van der Waals surface area contributed by atoms with E-state index in [4.69, 9.17) is 18.9 Å². The minimum absolute atomic E-state index is 0.0133. The summed E-state index contributed by atoms with van der Waals surface area (Å²) >= 11 is 0. The van der Waals surface area contributed by atoms with E-state index >= 15 is 0 Å². The second-order valence-corrected chi connectivity index (χ2v) is 12.4. The number of hydrogen-bond acceptors (Lipinski definition) is 9. The van der Waals surface area contributed by atoms with E-state index in [0.29, 0.717) is 24.8 Å². The van der Waals surface area contributed by atoms with E-state index in [1.54, 1.807) is 55.4 Å². The fraction of sp³-hybridized carbons (Fsp3) is 0.667. The molecule has 0 radical (unpaired) electrons. The van der Waals surface area contributed by atoms with E-state index in [-0.39, 0.29) is 24.0 Å². The average Bonchev–Trinajstić information content (AvgIpc) is 2.83. The molecule has 2 atom stereocenters. The van der Waals surface area contributed by atoms with Crippen molar-refractivity contribution < 1.29 is 43.2 Å². The molecule has 0 aliphatic heterocycles. The van der Waals surface area contributed by atoms with E-state index in [9.17, 15) is 24.3 Å². The first-order valence-corrected chi connectivity index (χ1v) is 13.7. The summed E-state index contributed by atoms with van der Waals surface area (Å²) < 4.78 is 22.0. The normalized spacial score (nSPS) is 14.5. The lowest BCUT2D eigenvalue weighted by molar-refractivity contribution is -0.169. The Balaban J connectivity index is 3.62. The molecule has 2 N–H and O–H groups in total. The van der Waals surface area contributed by atoms with Crippen molar-refractivity contribution in [2.45, 2.75) is 119 Å². The number of rotatable bonds is 13. The zero-order valence-electron chi connectivity index (χ0n) is 25.9. The molecular formula is C30H47NO9. The van der Waals surface area contributed by atoms with Crippen molar-refractivity contribution in [2.24, 2.45) is 10.8 Å². The van der Waals surface area contributed by atoms with Crippen molar-refractivity contribution in [1.29, 1.82) is 0 Å². The fourth-order valence-corrected chi connectivity index (χ4v) is 3.09. The van der Waals surface area contributed by atoms with Crippen LogP contribution in [0.15, 0.2) is 18.2 Å². The Kier molecular flexibility index (Phi) is 11.8. The maximum absolute atomic E-state index is 13.0. The molecule has 10 heteroatoms. The Hall–Kier alpha value is -3.14. The van der Waals surface area contributed by atoms with Gasteiger partial charge in [0.2, 0.25) is 0 Å². The third-order valence-electron chi connectivity index (χ3n) is 6.82. The number of aliphatic carboxylic acids is 1. The first kappa shape index (κ1) is 34.9. The topological polar surface area (TPSA) is 137 Å². The summed E-state index contributed by atoms with van der Waals surface area (Å²) in [4.78, 5) is 51.0. The van der Waals surface area contributed by atoms with Crippen molar-refractivity contribution in [3.8, 4) is 11.5 Å². The number of carboxylic acid groups (broad SMARTS) is 1. The van der Waals surface area contributed by atoms with Crippen LogP contribution in [0.3, 0.4) is 0 Å². The summed E-state index contributed by atoms with van der Waals surface area (Å²) in [5.41, 5.74) is -4.40. The predicted molar refractivity (Wildman–Crippen MR) is 150 cm³/mol. The summed E-state index contributed by atoms with van der Waals surface area (Å²) in [6.07, 6.45) is 0.0569. The van der Waals surface area contributed by atoms with Gasteiger partial charge in [0.1, 0.15) is 5.60 Å². The van der Waals surface area contributed by atoms with E-state index in [1.165, 1.54) is 18.2 Å². The second-order valence-electron chi connectivity index (χ2n) is 12.4. The summed E-state index contributed by atoms with van der Waals surface area (Å²) in [6, 6.07) is 4.03. The predicted octanol–water partition coefficient (Wildman–Crippen LogP) is 6.03. The smallest absolute Gasteiger partial charge is 0.477 e. The molecule has 1 aromatic rings. The Morgan fingerprint density at radius 2 is 1.32 bits per heavy atom. The van der Waals surface area contributed by atoms with Crippen molar-refractivity contribution in [2.75, 3.05) is 0 Å². The minimum Gasteiger partial charge on any atom is -0.477 e. The van der Waals surface area contributed by atoms with Gasteiger partial charge >= 0.3 is 24.1 Å². The van der Waals surface area contributed by atoms with Gasteiger partial charge in [0, 0.05) is 12.5 Å². The highest BCUT2D eigenvalue weighted by Gasteiger charge is 2.45. The maximum Gasteiger partial charge on any atom is 0.511 e. The molecular weight excluding hydrogens is 518 g/mol. The fourth-order valence-electron chi connectivity index (χ4n) is 3.09. The molecule has 0 fully saturated rings. The van der Waals surface area contributed by atoms with Gasteiger partial charge in [0.25, 0.3) is 5.72 Å². The van der Waals surface area contributed by atoms with Crippen LogP contribution in [-0.2, 0) is 30.3 Å². The number of ether oxygens (including phenoxy) is 4. The molecule has 0 bridgehead atoms. The van der Waals surface area contributed by atoms with Gasteiger partial charge in [-0.15, -0.1) is 0 Å². The molecule has 0 saturated carbocycles. The SMILES string of the molecule is CCC(C)N[C@@](Cc1ccc(OC(=O)C(C)(C)CC)c(OC(=O)C(C)(C)CC)c1)(OC(=O)OC(C)(C)C)C(=O)O. The first-order chi connectivity index (χ1) is 18.2. The Morgan fingerprint density at radius 1 is 0.825 bits per heavy atom. The van der Waals surface area contributed by atoms with E-state index in [1.807, 2.05) is 20.8 Å². The summed E-state index contributed by atoms with van der Waals surface area (Å²) in [5, 5.41) is 13.2. The standard InChI is InChI=1S/C30H47NO9/c1-12-19(4)31-30(23(32)33,40-26(36)39-27(5,6)7)18-20-15-16-21(37-24(34)28(8,9)13-2)22(17-20)38-25(35)29(10,11)14-3/h15-17,19,31H,12-14,18H2,1-11H3,(H,32,33)/t19?,30-/m0/s1. The number of carbonyl (C=O) groups excluding carboxylic acids is 3. The van der Waals surface area contributed by atoms with Gasteiger partial charge in [-0.3, -0.25) is 14.9 Å². The highest BCUT2D eigenvalue weighted by atomic mass is 16.8. The summed E-state index contributed by atoms with van der Waals surface area (Å²) in [6.45, 7) is 19.2. The second kappa shape index (κ2) is 13.5. The van der Waals surface area contributed by atoms with Crippen LogP contribution in [0.2, 0.25) is 0 Å². The number of esters is 2. The Labute approximate surface area is 238 Å². The first-order valence-electron chi connectivity index (χ1n) is 13.7. The molecule has 1 aromatic carbocycles. The molecule has 1 unspecified atom stereocenters.